The number of piperidine rings is 1. The molecule has 0 spiro atoms. The fraction of sp³-hybridized carbons (Fsp3) is 0.344. The average Bonchev–Trinajstić information content (AvgIpc) is 3.28. The molecule has 1 aromatic heterocycles. The number of benzene rings is 3. The Balaban J connectivity index is 1.63. The van der Waals surface area contributed by atoms with Crippen molar-refractivity contribution in [3.8, 4) is 16.9 Å². The van der Waals surface area contributed by atoms with Gasteiger partial charge in [0, 0.05) is 41.2 Å². The number of ether oxygens (including phenoxy) is 1. The van der Waals surface area contributed by atoms with Crippen LogP contribution in [0.3, 0.4) is 0 Å². The lowest BCUT2D eigenvalue weighted by atomic mass is 9.91. The number of amides is 1. The maximum Gasteiger partial charge on any atom is 0.246 e. The van der Waals surface area contributed by atoms with E-state index in [0.29, 0.717) is 18.4 Å². The molecule has 36 heavy (non-hydrogen) atoms. The summed E-state index contributed by atoms with van der Waals surface area (Å²) < 4.78 is 12.2. The number of nitrogens with zero attached hydrogens (tertiary/aromatic N) is 1. The highest BCUT2D eigenvalue weighted by Gasteiger charge is 2.25. The summed E-state index contributed by atoms with van der Waals surface area (Å²) in [4.78, 5) is 15.3. The van der Waals surface area contributed by atoms with Crippen LogP contribution in [0, 0.1) is 18.8 Å². The quantitative estimate of drug-likeness (QED) is 0.272. The zero-order valence-corrected chi connectivity index (χ0v) is 21.9. The number of hydrogen-bond donors (Lipinski definition) is 0. The lowest BCUT2D eigenvalue weighted by Crippen LogP contribution is -2.41. The minimum absolute atomic E-state index is 0.0765. The van der Waals surface area contributed by atoms with Crippen LogP contribution in [0.2, 0.25) is 0 Å². The van der Waals surface area contributed by atoms with Crippen molar-refractivity contribution < 1.29 is 13.9 Å². The molecule has 1 amide bonds. The molecule has 3 aromatic carbocycles. The molecule has 2 heterocycles. The van der Waals surface area contributed by atoms with E-state index in [1.54, 1.807) is 6.08 Å². The van der Waals surface area contributed by atoms with Crippen molar-refractivity contribution >= 4 is 33.2 Å². The molecule has 4 nitrogen and oxygen atoms in total. The monoisotopic (exact) mass is 481 g/mol. The van der Waals surface area contributed by atoms with Crippen LogP contribution in [0.4, 0.5) is 0 Å². The first-order chi connectivity index (χ1) is 17.4. The van der Waals surface area contributed by atoms with Crippen LogP contribution in [-0.2, 0) is 4.79 Å². The van der Waals surface area contributed by atoms with Crippen molar-refractivity contribution in [1.29, 1.82) is 0 Å². The van der Waals surface area contributed by atoms with Gasteiger partial charge >= 0.3 is 0 Å². The summed E-state index contributed by atoms with van der Waals surface area (Å²) in [5.41, 5.74) is 5.81. The van der Waals surface area contributed by atoms with Gasteiger partial charge in [0.25, 0.3) is 0 Å². The van der Waals surface area contributed by atoms with E-state index >= 15 is 0 Å². The minimum atomic E-state index is 0.0765. The zero-order chi connectivity index (χ0) is 25.4. The summed E-state index contributed by atoms with van der Waals surface area (Å²) in [5, 5.41) is 3.41. The van der Waals surface area contributed by atoms with Crippen LogP contribution in [0.1, 0.15) is 45.2 Å². The second-order valence-corrected chi connectivity index (χ2v) is 10.4. The molecule has 0 saturated carbocycles. The lowest BCUT2D eigenvalue weighted by Gasteiger charge is -2.34. The van der Waals surface area contributed by atoms with E-state index in [1.165, 1.54) is 17.2 Å². The molecular weight excluding hydrogens is 446 g/mol. The Morgan fingerprint density at radius 2 is 1.78 bits per heavy atom. The standard InChI is InChI=1S/C32H35NO3/c1-6-35-31-23(5)32-28(29(19-36-32)26-13-9-11-24-10-7-8-12-25(24)26)16-27(31)22(4)15-30(34)33-17-20(2)14-21(3)18-33/h7-13,15-16,19-21H,6,14,17-18H2,1-5H3/b22-15+. The Kier molecular flexibility index (Phi) is 6.61. The normalized spacial score (nSPS) is 18.7. The molecule has 1 aliphatic rings. The third-order valence-corrected chi connectivity index (χ3v) is 7.36. The number of aryl methyl sites for hydroxylation is 1. The second-order valence-electron chi connectivity index (χ2n) is 10.4. The molecular formula is C32H35NO3. The van der Waals surface area contributed by atoms with E-state index in [0.717, 1.165) is 57.6 Å². The van der Waals surface area contributed by atoms with Gasteiger partial charge in [-0.25, -0.2) is 0 Å². The van der Waals surface area contributed by atoms with Crippen molar-refractivity contribution in [3.63, 3.8) is 0 Å². The van der Waals surface area contributed by atoms with E-state index in [1.807, 2.05) is 31.9 Å². The molecule has 0 aliphatic carbocycles. The molecule has 4 heteroatoms. The van der Waals surface area contributed by atoms with E-state index in [-0.39, 0.29) is 5.91 Å². The number of hydrogen-bond acceptors (Lipinski definition) is 3. The summed E-state index contributed by atoms with van der Waals surface area (Å²) in [5.74, 6) is 1.91. The fourth-order valence-corrected chi connectivity index (χ4v) is 5.81. The van der Waals surface area contributed by atoms with Crippen molar-refractivity contribution in [2.45, 2.75) is 41.0 Å². The maximum atomic E-state index is 13.3. The highest BCUT2D eigenvalue weighted by Crippen LogP contribution is 2.42. The van der Waals surface area contributed by atoms with Crippen molar-refractivity contribution in [3.05, 3.63) is 72.0 Å². The van der Waals surface area contributed by atoms with Crippen molar-refractivity contribution in [2.24, 2.45) is 11.8 Å². The van der Waals surface area contributed by atoms with Crippen LogP contribution in [0.15, 0.2) is 65.3 Å². The fourth-order valence-electron chi connectivity index (χ4n) is 5.81. The lowest BCUT2D eigenvalue weighted by molar-refractivity contribution is -0.128. The van der Waals surface area contributed by atoms with Crippen LogP contribution in [0.25, 0.3) is 38.4 Å². The first kappa shape index (κ1) is 24.2. The minimum Gasteiger partial charge on any atom is -0.493 e. The molecule has 1 saturated heterocycles. The first-order valence-electron chi connectivity index (χ1n) is 13.0. The average molecular weight is 482 g/mol. The number of furan rings is 1. The van der Waals surface area contributed by atoms with Gasteiger partial charge in [0.05, 0.1) is 12.9 Å². The van der Waals surface area contributed by atoms with Gasteiger partial charge in [-0.05, 0) is 67.0 Å². The van der Waals surface area contributed by atoms with E-state index in [9.17, 15) is 4.79 Å². The highest BCUT2D eigenvalue weighted by atomic mass is 16.5. The zero-order valence-electron chi connectivity index (χ0n) is 21.9. The summed E-state index contributed by atoms with van der Waals surface area (Å²) in [7, 11) is 0. The third-order valence-electron chi connectivity index (χ3n) is 7.36. The molecule has 186 valence electrons. The van der Waals surface area contributed by atoms with Crippen molar-refractivity contribution in [2.75, 3.05) is 19.7 Å². The second kappa shape index (κ2) is 9.85. The van der Waals surface area contributed by atoms with E-state index in [2.05, 4.69) is 62.4 Å². The molecule has 5 rings (SSSR count). The molecule has 2 unspecified atom stereocenters. The number of carbonyl (C=O) groups excluding carboxylic acids is 1. The highest BCUT2D eigenvalue weighted by molar-refractivity contribution is 6.07. The van der Waals surface area contributed by atoms with Crippen LogP contribution < -0.4 is 4.74 Å². The number of likely N-dealkylation sites (tertiary alicyclic amines) is 1. The van der Waals surface area contributed by atoms with Gasteiger partial charge in [0.2, 0.25) is 5.91 Å². The van der Waals surface area contributed by atoms with Crippen LogP contribution in [-0.4, -0.2) is 30.5 Å². The van der Waals surface area contributed by atoms with E-state index in [4.69, 9.17) is 9.15 Å². The van der Waals surface area contributed by atoms with Crippen LogP contribution >= 0.6 is 0 Å². The first-order valence-corrected chi connectivity index (χ1v) is 13.0. The summed E-state index contributed by atoms with van der Waals surface area (Å²) >= 11 is 0. The van der Waals surface area contributed by atoms with Gasteiger partial charge in [-0.1, -0.05) is 56.3 Å². The Bertz CT molecular complexity index is 1450. The van der Waals surface area contributed by atoms with Gasteiger partial charge in [-0.2, -0.15) is 0 Å². The molecule has 1 aliphatic heterocycles. The predicted molar refractivity (Wildman–Crippen MR) is 148 cm³/mol. The Morgan fingerprint density at radius 1 is 1.06 bits per heavy atom. The Morgan fingerprint density at radius 3 is 2.53 bits per heavy atom. The third kappa shape index (κ3) is 4.41. The number of allylic oxidation sites excluding steroid dienone is 1. The van der Waals surface area contributed by atoms with Gasteiger partial charge < -0.3 is 14.1 Å². The van der Waals surface area contributed by atoms with Gasteiger partial charge in [-0.3, -0.25) is 4.79 Å². The van der Waals surface area contributed by atoms with Gasteiger partial charge in [-0.15, -0.1) is 0 Å². The predicted octanol–water partition coefficient (Wildman–Crippen LogP) is 7.87. The summed E-state index contributed by atoms with van der Waals surface area (Å²) in [6.45, 7) is 12.7. The molecule has 0 N–H and O–H groups in total. The summed E-state index contributed by atoms with van der Waals surface area (Å²) in [6, 6.07) is 16.9. The SMILES string of the molecule is CCOc1c(/C(C)=C/C(=O)N2CC(C)CC(C)C2)cc2c(-c3cccc4ccccc34)coc2c1C. The summed E-state index contributed by atoms with van der Waals surface area (Å²) in [6.07, 6.45) is 4.81. The number of fused-ring (bicyclic) bond motifs is 2. The van der Waals surface area contributed by atoms with Gasteiger partial charge in [0.15, 0.2) is 0 Å². The molecule has 0 radical (unpaired) electrons. The smallest absolute Gasteiger partial charge is 0.246 e. The van der Waals surface area contributed by atoms with Crippen molar-refractivity contribution in [1.82, 2.24) is 4.90 Å². The number of carbonyl (C=O) groups is 1. The molecule has 1 fully saturated rings. The van der Waals surface area contributed by atoms with Gasteiger partial charge in [0.1, 0.15) is 11.3 Å². The Labute approximate surface area is 213 Å². The number of rotatable bonds is 5. The maximum absolute atomic E-state index is 13.3. The molecule has 4 aromatic rings. The van der Waals surface area contributed by atoms with E-state index < -0.39 is 0 Å². The molecule has 0 bridgehead atoms. The largest absolute Gasteiger partial charge is 0.493 e. The topological polar surface area (TPSA) is 42.7 Å². The van der Waals surface area contributed by atoms with Crippen LogP contribution in [0.5, 0.6) is 5.75 Å². The Hall–Kier alpha value is -3.53. The molecule has 2 atom stereocenters.